The summed E-state index contributed by atoms with van der Waals surface area (Å²) in [6.45, 7) is 5.58. The molecule has 2 aliphatic rings. The summed E-state index contributed by atoms with van der Waals surface area (Å²) < 4.78 is 11.0. The van der Waals surface area contributed by atoms with Crippen molar-refractivity contribution < 1.29 is 14.3 Å². The Morgan fingerprint density at radius 1 is 1.12 bits per heavy atom. The molecule has 3 N–H and O–H groups in total. The lowest BCUT2D eigenvalue weighted by Crippen LogP contribution is -2.35. The summed E-state index contributed by atoms with van der Waals surface area (Å²) >= 11 is 0. The molecule has 26 heavy (non-hydrogen) atoms. The molecule has 6 nitrogen and oxygen atoms in total. The highest BCUT2D eigenvalue weighted by Gasteiger charge is 2.29. The quantitative estimate of drug-likeness (QED) is 0.749. The normalized spacial score (nSPS) is 23.0. The molecule has 0 spiro atoms. The molecule has 0 radical (unpaired) electrons. The van der Waals surface area contributed by atoms with Crippen LogP contribution in [0.3, 0.4) is 0 Å². The smallest absolute Gasteiger partial charge is 0.249 e. The van der Waals surface area contributed by atoms with Crippen molar-refractivity contribution in [1.29, 1.82) is 0 Å². The van der Waals surface area contributed by atoms with Crippen molar-refractivity contribution in [2.45, 2.75) is 38.1 Å². The Morgan fingerprint density at radius 3 is 2.38 bits per heavy atom. The van der Waals surface area contributed by atoms with E-state index in [2.05, 4.69) is 34.5 Å². The second kappa shape index (κ2) is 11.7. The van der Waals surface area contributed by atoms with E-state index in [1.165, 1.54) is 5.56 Å². The van der Waals surface area contributed by atoms with Gasteiger partial charge in [0, 0.05) is 32.7 Å². The van der Waals surface area contributed by atoms with E-state index in [-0.39, 0.29) is 42.9 Å². The highest BCUT2D eigenvalue weighted by molar-refractivity contribution is 5.85. The van der Waals surface area contributed by atoms with Crippen LogP contribution >= 0.6 is 24.8 Å². The van der Waals surface area contributed by atoms with E-state index >= 15 is 0 Å². The second-order valence-corrected chi connectivity index (χ2v) is 6.48. The highest BCUT2D eigenvalue weighted by Crippen LogP contribution is 2.19. The number of carbonyl (C=O) groups excluding carboxylic acids is 1. The van der Waals surface area contributed by atoms with Gasteiger partial charge >= 0.3 is 0 Å². The fourth-order valence-electron chi connectivity index (χ4n) is 3.15. The standard InChI is InChI=1S/C18H27N3O3.2ClH/c19-11-16-5-6-17(24-16)18(22)20-12-14-1-3-15(4-2-14)13-21-7-9-23-10-8-21;;/h1-4,16-17H,5-13,19H2,(H,20,22);2*1H/t16-,17+;;/m1../s1. The minimum absolute atomic E-state index is 0. The van der Waals surface area contributed by atoms with E-state index in [0.717, 1.165) is 51.3 Å². The first-order valence-electron chi connectivity index (χ1n) is 8.76. The molecule has 0 aliphatic carbocycles. The molecule has 8 heteroatoms. The van der Waals surface area contributed by atoms with Crippen LogP contribution in [0.2, 0.25) is 0 Å². The Kier molecular flexibility index (Phi) is 10.5. The molecule has 0 aromatic heterocycles. The number of hydrogen-bond acceptors (Lipinski definition) is 5. The van der Waals surface area contributed by atoms with Crippen LogP contribution < -0.4 is 11.1 Å². The van der Waals surface area contributed by atoms with E-state index in [0.29, 0.717) is 13.1 Å². The molecule has 2 heterocycles. The van der Waals surface area contributed by atoms with Gasteiger partial charge in [-0.25, -0.2) is 0 Å². The van der Waals surface area contributed by atoms with Crippen molar-refractivity contribution in [2.75, 3.05) is 32.8 Å². The van der Waals surface area contributed by atoms with Crippen LogP contribution in [0.25, 0.3) is 0 Å². The van der Waals surface area contributed by atoms with Gasteiger partial charge in [0.1, 0.15) is 6.10 Å². The summed E-state index contributed by atoms with van der Waals surface area (Å²) in [5.74, 6) is -0.0386. The SMILES string of the molecule is Cl.Cl.NC[C@H]1CC[C@@H](C(=O)NCc2ccc(CN3CCOCC3)cc2)O1. The molecule has 148 valence electrons. The number of halogens is 2. The molecule has 1 aromatic rings. The van der Waals surface area contributed by atoms with E-state index in [1.807, 2.05) is 0 Å². The molecule has 1 aromatic carbocycles. The molecule has 0 unspecified atom stereocenters. The molecule has 2 atom stereocenters. The predicted molar refractivity (Wildman–Crippen MR) is 106 cm³/mol. The number of morpholine rings is 1. The number of nitrogens with zero attached hydrogens (tertiary/aromatic N) is 1. The van der Waals surface area contributed by atoms with Crippen molar-refractivity contribution in [2.24, 2.45) is 5.73 Å². The van der Waals surface area contributed by atoms with Crippen LogP contribution in [0.5, 0.6) is 0 Å². The van der Waals surface area contributed by atoms with Crippen LogP contribution in [0.4, 0.5) is 0 Å². The molecule has 2 fully saturated rings. The summed E-state index contributed by atoms with van der Waals surface area (Å²) in [7, 11) is 0. The third-order valence-electron chi connectivity index (χ3n) is 4.66. The van der Waals surface area contributed by atoms with Crippen LogP contribution in [0.15, 0.2) is 24.3 Å². The maximum absolute atomic E-state index is 12.1. The molecule has 3 rings (SSSR count). The number of hydrogen-bond donors (Lipinski definition) is 2. The van der Waals surface area contributed by atoms with Gasteiger partial charge in [-0.3, -0.25) is 9.69 Å². The summed E-state index contributed by atoms with van der Waals surface area (Å²) in [4.78, 5) is 14.5. The fourth-order valence-corrected chi connectivity index (χ4v) is 3.15. The van der Waals surface area contributed by atoms with Gasteiger partial charge in [-0.2, -0.15) is 0 Å². The van der Waals surface area contributed by atoms with E-state index in [1.54, 1.807) is 0 Å². The molecule has 0 bridgehead atoms. The Hall–Kier alpha value is -0.890. The number of nitrogens with two attached hydrogens (primary N) is 1. The molecule has 1 amide bonds. The number of benzene rings is 1. The summed E-state index contributed by atoms with van der Waals surface area (Å²) in [5, 5.41) is 2.95. The monoisotopic (exact) mass is 405 g/mol. The topological polar surface area (TPSA) is 76.8 Å². The van der Waals surface area contributed by atoms with Crippen molar-refractivity contribution >= 4 is 30.7 Å². The van der Waals surface area contributed by atoms with Crippen LogP contribution in [0.1, 0.15) is 24.0 Å². The molecule has 2 aliphatic heterocycles. The average molecular weight is 406 g/mol. The van der Waals surface area contributed by atoms with Crippen molar-refractivity contribution in [1.82, 2.24) is 10.2 Å². The first kappa shape index (κ1) is 23.1. The third kappa shape index (κ3) is 6.68. The first-order valence-corrected chi connectivity index (χ1v) is 8.76. The lowest BCUT2D eigenvalue weighted by Gasteiger charge is -2.26. The zero-order valence-corrected chi connectivity index (χ0v) is 16.5. The van der Waals surface area contributed by atoms with Gasteiger partial charge in [0.15, 0.2) is 0 Å². The van der Waals surface area contributed by atoms with Gasteiger partial charge in [0.05, 0.1) is 19.3 Å². The molecular formula is C18H29Cl2N3O3. The maximum atomic E-state index is 12.1. The summed E-state index contributed by atoms with van der Waals surface area (Å²) in [6, 6.07) is 8.42. The van der Waals surface area contributed by atoms with Crippen LogP contribution in [-0.4, -0.2) is 55.9 Å². The summed E-state index contributed by atoms with van der Waals surface area (Å²) in [5.41, 5.74) is 7.96. The Morgan fingerprint density at radius 2 is 1.77 bits per heavy atom. The second-order valence-electron chi connectivity index (χ2n) is 6.48. The largest absolute Gasteiger partial charge is 0.379 e. The predicted octanol–water partition coefficient (Wildman–Crippen LogP) is 1.48. The van der Waals surface area contributed by atoms with Crippen molar-refractivity contribution in [3.63, 3.8) is 0 Å². The third-order valence-corrected chi connectivity index (χ3v) is 4.66. The van der Waals surface area contributed by atoms with Gasteiger partial charge < -0.3 is 20.5 Å². The minimum Gasteiger partial charge on any atom is -0.379 e. The Balaban J connectivity index is 0.00000169. The van der Waals surface area contributed by atoms with E-state index < -0.39 is 0 Å². The van der Waals surface area contributed by atoms with Gasteiger partial charge in [0.25, 0.3) is 0 Å². The zero-order valence-electron chi connectivity index (χ0n) is 14.9. The Bertz CT molecular complexity index is 539. The molecular weight excluding hydrogens is 377 g/mol. The number of carbonyl (C=O) groups is 1. The first-order chi connectivity index (χ1) is 11.7. The van der Waals surface area contributed by atoms with Gasteiger partial charge in [0.2, 0.25) is 5.91 Å². The Labute approximate surface area is 167 Å². The number of amides is 1. The maximum Gasteiger partial charge on any atom is 0.249 e. The van der Waals surface area contributed by atoms with Crippen LogP contribution in [-0.2, 0) is 27.4 Å². The zero-order chi connectivity index (χ0) is 16.8. The number of rotatable bonds is 6. The highest BCUT2D eigenvalue weighted by atomic mass is 35.5. The number of ether oxygens (including phenoxy) is 2. The average Bonchev–Trinajstić information content (AvgIpc) is 3.11. The van der Waals surface area contributed by atoms with Crippen LogP contribution in [0, 0.1) is 0 Å². The lowest BCUT2D eigenvalue weighted by molar-refractivity contribution is -0.132. The van der Waals surface area contributed by atoms with Gasteiger partial charge in [-0.05, 0) is 24.0 Å². The fraction of sp³-hybridized carbons (Fsp3) is 0.611. The van der Waals surface area contributed by atoms with E-state index in [4.69, 9.17) is 15.2 Å². The lowest BCUT2D eigenvalue weighted by atomic mass is 10.1. The van der Waals surface area contributed by atoms with Gasteiger partial charge in [-0.15, -0.1) is 24.8 Å². The molecule has 0 saturated carbocycles. The minimum atomic E-state index is -0.348. The summed E-state index contributed by atoms with van der Waals surface area (Å²) in [6.07, 6.45) is 1.30. The van der Waals surface area contributed by atoms with E-state index in [9.17, 15) is 4.79 Å². The number of nitrogens with one attached hydrogen (secondary N) is 1. The van der Waals surface area contributed by atoms with Crippen molar-refractivity contribution in [3.8, 4) is 0 Å². The van der Waals surface area contributed by atoms with Gasteiger partial charge in [-0.1, -0.05) is 24.3 Å². The van der Waals surface area contributed by atoms with Crippen molar-refractivity contribution in [3.05, 3.63) is 35.4 Å². The molecule has 2 saturated heterocycles.